The first-order valence-electron chi connectivity index (χ1n) is 8.34. The lowest BCUT2D eigenvalue weighted by Gasteiger charge is -2.06. The minimum Gasteiger partial charge on any atom is -0.363 e. The zero-order valence-electron chi connectivity index (χ0n) is 15.1. The quantitative estimate of drug-likeness (QED) is 0.483. The summed E-state index contributed by atoms with van der Waals surface area (Å²) in [6, 6.07) is 5.34. The molecule has 0 saturated carbocycles. The van der Waals surface area contributed by atoms with Crippen molar-refractivity contribution < 1.29 is 9.32 Å². The third kappa shape index (κ3) is 4.19. The molecule has 29 heavy (non-hydrogen) atoms. The van der Waals surface area contributed by atoms with E-state index in [1.54, 1.807) is 29.2 Å². The predicted octanol–water partition coefficient (Wildman–Crippen LogP) is 1.74. The van der Waals surface area contributed by atoms with Crippen LogP contribution in [-0.2, 0) is 13.5 Å². The molecule has 1 aromatic carbocycles. The van der Waals surface area contributed by atoms with E-state index in [-0.39, 0.29) is 18.1 Å². The van der Waals surface area contributed by atoms with Crippen LogP contribution >= 0.6 is 11.6 Å². The van der Waals surface area contributed by atoms with E-state index in [9.17, 15) is 4.79 Å². The molecule has 3 heterocycles. The largest absolute Gasteiger partial charge is 0.363 e. The molecule has 0 spiro atoms. The third-order valence-corrected chi connectivity index (χ3v) is 4.23. The highest BCUT2D eigenvalue weighted by Crippen LogP contribution is 2.25. The number of primary amides is 1. The van der Waals surface area contributed by atoms with E-state index in [0.717, 1.165) is 11.3 Å². The van der Waals surface area contributed by atoms with Gasteiger partial charge in [-0.2, -0.15) is 15.1 Å². The molecule has 3 N–H and O–H groups in total. The zero-order chi connectivity index (χ0) is 20.4. The van der Waals surface area contributed by atoms with Crippen molar-refractivity contribution in [3.05, 3.63) is 59.2 Å². The summed E-state index contributed by atoms with van der Waals surface area (Å²) in [6.45, 7) is 0. The van der Waals surface area contributed by atoms with E-state index < -0.39 is 5.91 Å². The summed E-state index contributed by atoms with van der Waals surface area (Å²) in [6.07, 6.45) is 5.13. The van der Waals surface area contributed by atoms with Crippen LogP contribution in [0.3, 0.4) is 0 Å². The Kier molecular flexibility index (Phi) is 4.87. The number of benzene rings is 1. The summed E-state index contributed by atoms with van der Waals surface area (Å²) in [4.78, 5) is 27.7. The summed E-state index contributed by atoms with van der Waals surface area (Å²) < 4.78 is 6.67. The number of nitrogens with zero attached hydrogens (tertiary/aromatic N) is 7. The number of carbonyl (C=O) groups excluding carboxylic acids is 1. The lowest BCUT2D eigenvalue weighted by atomic mass is 10.1. The molecule has 11 nitrogen and oxygen atoms in total. The van der Waals surface area contributed by atoms with Gasteiger partial charge in [0.25, 0.3) is 11.7 Å². The maximum atomic E-state index is 11.1. The second-order valence-electron chi connectivity index (χ2n) is 6.02. The third-order valence-electron chi connectivity index (χ3n) is 3.87. The molecule has 0 atom stereocenters. The van der Waals surface area contributed by atoms with Crippen LogP contribution in [-0.4, -0.2) is 40.8 Å². The molecule has 12 heteroatoms. The van der Waals surface area contributed by atoms with E-state index in [2.05, 4.69) is 35.5 Å². The maximum Gasteiger partial charge on any atom is 0.290 e. The van der Waals surface area contributed by atoms with Crippen molar-refractivity contribution in [2.45, 2.75) is 6.42 Å². The van der Waals surface area contributed by atoms with Gasteiger partial charge in [-0.05, 0) is 11.6 Å². The van der Waals surface area contributed by atoms with Crippen molar-refractivity contribution >= 4 is 29.1 Å². The van der Waals surface area contributed by atoms with Gasteiger partial charge in [-0.3, -0.25) is 9.48 Å². The highest BCUT2D eigenvalue weighted by molar-refractivity contribution is 6.31. The number of hydrogen-bond acceptors (Lipinski definition) is 9. The first kappa shape index (κ1) is 18.5. The van der Waals surface area contributed by atoms with Gasteiger partial charge < -0.3 is 15.6 Å². The Balaban J connectivity index is 1.54. The highest BCUT2D eigenvalue weighted by Gasteiger charge is 2.14. The fourth-order valence-electron chi connectivity index (χ4n) is 2.53. The first-order valence-corrected chi connectivity index (χ1v) is 8.71. The zero-order valence-corrected chi connectivity index (χ0v) is 15.8. The Morgan fingerprint density at radius 2 is 2.17 bits per heavy atom. The van der Waals surface area contributed by atoms with Gasteiger partial charge in [-0.15, -0.1) is 0 Å². The van der Waals surface area contributed by atoms with Crippen LogP contribution in [0, 0.1) is 0 Å². The molecular formula is C17H14ClN9O2. The van der Waals surface area contributed by atoms with Crippen molar-refractivity contribution in [2.75, 3.05) is 5.32 Å². The van der Waals surface area contributed by atoms with Gasteiger partial charge in [0.2, 0.25) is 11.8 Å². The molecule has 3 aromatic heterocycles. The highest BCUT2D eigenvalue weighted by atomic mass is 35.5. The number of aromatic nitrogens is 7. The van der Waals surface area contributed by atoms with Gasteiger partial charge in [0.1, 0.15) is 6.33 Å². The molecule has 0 bridgehead atoms. The molecule has 0 aliphatic heterocycles. The molecule has 146 valence electrons. The topological polar surface area (TPSA) is 151 Å². The molecule has 0 aliphatic carbocycles. The SMILES string of the molecule is Cn1cc(Nc2ncnc(-c3ccc(Cc4nc(C(N)=O)no4)c(Cl)c3)n2)cn1. The van der Waals surface area contributed by atoms with Crippen LogP contribution in [0.15, 0.2) is 41.4 Å². The van der Waals surface area contributed by atoms with Gasteiger partial charge in [-0.1, -0.05) is 28.9 Å². The summed E-state index contributed by atoms with van der Waals surface area (Å²) in [5.41, 5.74) is 7.32. The Bertz CT molecular complexity index is 1190. The minimum atomic E-state index is -0.757. The van der Waals surface area contributed by atoms with Crippen molar-refractivity contribution in [3.63, 3.8) is 0 Å². The van der Waals surface area contributed by atoms with Crippen molar-refractivity contribution in [3.8, 4) is 11.4 Å². The second-order valence-corrected chi connectivity index (χ2v) is 6.43. The van der Waals surface area contributed by atoms with E-state index in [0.29, 0.717) is 22.4 Å². The van der Waals surface area contributed by atoms with Crippen LogP contribution in [0.2, 0.25) is 5.02 Å². The van der Waals surface area contributed by atoms with Gasteiger partial charge in [-0.25, -0.2) is 9.97 Å². The average molecular weight is 412 g/mol. The lowest BCUT2D eigenvalue weighted by Crippen LogP contribution is -2.12. The standard InChI is InChI=1S/C17H14ClN9O2/c1-27-7-11(6-22-27)23-17-21-8-20-15(25-17)10-3-2-9(12(18)4-10)5-13-24-16(14(19)28)26-29-13/h2-4,6-8H,5H2,1H3,(H2,19,28)(H,20,21,23,25). The normalized spacial score (nSPS) is 10.8. The number of halogens is 1. The van der Waals surface area contributed by atoms with Crippen LogP contribution in [0.5, 0.6) is 0 Å². The fourth-order valence-corrected chi connectivity index (χ4v) is 2.78. The Labute approximate surface area is 169 Å². The maximum absolute atomic E-state index is 11.1. The van der Waals surface area contributed by atoms with Crippen LogP contribution in [0.25, 0.3) is 11.4 Å². The molecule has 4 rings (SSSR count). The molecule has 1 amide bonds. The van der Waals surface area contributed by atoms with Gasteiger partial charge >= 0.3 is 0 Å². The number of carbonyl (C=O) groups is 1. The number of anilines is 2. The Morgan fingerprint density at radius 1 is 1.31 bits per heavy atom. The molecule has 0 unspecified atom stereocenters. The number of nitrogens with two attached hydrogens (primary N) is 1. The predicted molar refractivity (Wildman–Crippen MR) is 102 cm³/mol. The summed E-state index contributed by atoms with van der Waals surface area (Å²) >= 11 is 6.39. The number of aryl methyl sites for hydroxylation is 1. The van der Waals surface area contributed by atoms with E-state index in [4.69, 9.17) is 21.9 Å². The monoisotopic (exact) mass is 411 g/mol. The lowest BCUT2D eigenvalue weighted by molar-refractivity contribution is 0.0987. The Hall–Kier alpha value is -3.86. The number of nitrogens with one attached hydrogen (secondary N) is 1. The van der Waals surface area contributed by atoms with Crippen LogP contribution in [0.1, 0.15) is 22.1 Å². The van der Waals surface area contributed by atoms with E-state index in [1.165, 1.54) is 6.33 Å². The summed E-state index contributed by atoms with van der Waals surface area (Å²) in [5.74, 6) is 0.136. The average Bonchev–Trinajstić information content (AvgIpc) is 3.33. The Morgan fingerprint density at radius 3 is 2.86 bits per heavy atom. The van der Waals surface area contributed by atoms with Gasteiger partial charge in [0, 0.05) is 23.8 Å². The molecule has 0 radical (unpaired) electrons. The van der Waals surface area contributed by atoms with Crippen molar-refractivity contribution in [2.24, 2.45) is 12.8 Å². The minimum absolute atomic E-state index is 0.174. The molecule has 0 aliphatic rings. The van der Waals surface area contributed by atoms with E-state index in [1.807, 2.05) is 13.1 Å². The molecule has 0 fully saturated rings. The van der Waals surface area contributed by atoms with Crippen molar-refractivity contribution in [1.29, 1.82) is 0 Å². The second kappa shape index (κ2) is 7.64. The first-order chi connectivity index (χ1) is 14.0. The summed E-state index contributed by atoms with van der Waals surface area (Å²) in [7, 11) is 1.82. The fraction of sp³-hybridized carbons (Fsp3) is 0.118. The van der Waals surface area contributed by atoms with Gasteiger partial charge in [0.15, 0.2) is 5.82 Å². The molecular weight excluding hydrogens is 398 g/mol. The van der Waals surface area contributed by atoms with Crippen LogP contribution in [0.4, 0.5) is 11.6 Å². The van der Waals surface area contributed by atoms with Crippen LogP contribution < -0.4 is 11.1 Å². The van der Waals surface area contributed by atoms with E-state index >= 15 is 0 Å². The van der Waals surface area contributed by atoms with Gasteiger partial charge in [0.05, 0.1) is 18.3 Å². The van der Waals surface area contributed by atoms with Crippen molar-refractivity contribution in [1.82, 2.24) is 34.9 Å². The molecule has 0 saturated heterocycles. The summed E-state index contributed by atoms with van der Waals surface area (Å²) in [5, 5.41) is 11.1. The molecule has 4 aromatic rings. The smallest absolute Gasteiger partial charge is 0.290 e. The number of amides is 1. The number of hydrogen-bond donors (Lipinski definition) is 2. The number of rotatable bonds is 6.